The summed E-state index contributed by atoms with van der Waals surface area (Å²) in [6, 6.07) is 5.97. The Morgan fingerprint density at radius 3 is 0.438 bits per heavy atom. The third-order valence-corrected chi connectivity index (χ3v) is 20.2. The number of carbonyl (C=O) groups excluding carboxylic acids is 8. The van der Waals surface area contributed by atoms with Crippen molar-refractivity contribution >= 4 is 75.1 Å². The van der Waals surface area contributed by atoms with Gasteiger partial charge in [-0.2, -0.15) is 0 Å². The van der Waals surface area contributed by atoms with Crippen LogP contribution in [0.3, 0.4) is 0 Å². The van der Waals surface area contributed by atoms with Gasteiger partial charge in [0.1, 0.15) is 0 Å². The van der Waals surface area contributed by atoms with Crippen LogP contribution in [0.2, 0.25) is 0 Å². The number of carbonyl (C=O) groups is 8. The molecule has 0 aliphatic heterocycles. The molecule has 0 saturated carbocycles. The van der Waals surface area contributed by atoms with Crippen LogP contribution in [0.4, 0.5) is 0 Å². The Kier molecular flexibility index (Phi) is 79.2. The van der Waals surface area contributed by atoms with Crippen LogP contribution in [0.1, 0.15) is 367 Å². The maximum absolute atomic E-state index is 12.0. The van der Waals surface area contributed by atoms with Crippen molar-refractivity contribution in [3.8, 4) is 34.5 Å². The zero-order chi connectivity index (χ0) is 87.5. The Morgan fingerprint density at radius 2 is 0.314 bits per heavy atom. The number of aromatic carboxylic acids is 2. The SMILES string of the molecule is C=CC(=O)OCCCCCCCCCCCOc1cc(C(=O)[O-])cc(OCCCCCCCCCCCOC(=O)C=C)c1OCCCCCCCCCCCOC(=O)C=C.C=CC(=O)OCCCCCCCCCCCOc1cc(C(=O)[O-])cc(OCCCCCCCCCCCOC(=O)C=C)c1OCCCCCCCCCCCOC(=O)C=C.[Pb+2]. The quantitative estimate of drug-likeness (QED) is 0.0195. The van der Waals surface area contributed by atoms with Gasteiger partial charge in [0.15, 0.2) is 23.0 Å². The van der Waals surface area contributed by atoms with E-state index in [-0.39, 0.29) is 74.2 Å². The summed E-state index contributed by atoms with van der Waals surface area (Å²) in [5, 5.41) is 24.0. The van der Waals surface area contributed by atoms with E-state index in [9.17, 15) is 48.6 Å². The first-order chi connectivity index (χ1) is 58.6. The van der Waals surface area contributed by atoms with Gasteiger partial charge in [-0.3, -0.25) is 0 Å². The van der Waals surface area contributed by atoms with E-state index in [1.165, 1.54) is 73.6 Å². The second kappa shape index (κ2) is 84.6. The molecule has 2 aromatic rings. The standard InChI is InChI=1S/2C49H78O11.Pb/c2*1-4-45(50)57-36-30-24-18-12-7-10-16-22-28-34-55-43-40-42(49(53)54)41-44(56-35-29-23-17-11-8-13-19-25-31-37-58-46(51)5-2)48(43)60-39-33-27-21-15-9-14-20-26-32-38-59-47(52)6-3;/h2*4-6,40-41H,1-3,7-39H2,(H,53,54);/q;;+2/p-2. The van der Waals surface area contributed by atoms with Gasteiger partial charge < -0.3 is 76.6 Å². The molecule has 23 heteroatoms. The normalized spacial score (nSPS) is 10.6. The van der Waals surface area contributed by atoms with Crippen LogP contribution in [-0.4, -0.2) is 154 Å². The molecule has 682 valence electrons. The summed E-state index contributed by atoms with van der Waals surface area (Å²) in [4.78, 5) is 90.7. The molecule has 0 aliphatic carbocycles. The van der Waals surface area contributed by atoms with Gasteiger partial charge in [0.2, 0.25) is 11.5 Å². The Morgan fingerprint density at radius 1 is 0.198 bits per heavy atom. The summed E-state index contributed by atoms with van der Waals surface area (Å²) >= 11 is 0. The van der Waals surface area contributed by atoms with Crippen molar-refractivity contribution in [3.63, 3.8) is 0 Å². The van der Waals surface area contributed by atoms with Crippen molar-refractivity contribution in [2.24, 2.45) is 0 Å². The number of carboxylic acid groups (broad SMARTS) is 2. The third kappa shape index (κ3) is 69.5. The summed E-state index contributed by atoms with van der Waals surface area (Å²) in [6.45, 7) is 25.8. The van der Waals surface area contributed by atoms with Crippen molar-refractivity contribution in [1.82, 2.24) is 0 Å². The van der Waals surface area contributed by atoms with Crippen LogP contribution in [-0.2, 0) is 57.2 Å². The van der Waals surface area contributed by atoms with Gasteiger partial charge in [-0.05, 0) is 101 Å². The predicted octanol–water partition coefficient (Wildman–Crippen LogP) is 21.4. The molecule has 0 spiro atoms. The Bertz CT molecular complexity index is 2720. The Hall–Kier alpha value is -7.64. The maximum Gasteiger partial charge on any atom is 2.00 e. The van der Waals surface area contributed by atoms with Gasteiger partial charge in [-0.15, -0.1) is 0 Å². The molecule has 0 heterocycles. The van der Waals surface area contributed by atoms with Gasteiger partial charge in [0.25, 0.3) is 0 Å². The maximum atomic E-state index is 12.0. The third-order valence-electron chi connectivity index (χ3n) is 20.2. The van der Waals surface area contributed by atoms with Crippen molar-refractivity contribution in [2.45, 2.75) is 347 Å². The molecule has 22 nitrogen and oxygen atoms in total. The second-order valence-corrected chi connectivity index (χ2v) is 30.6. The van der Waals surface area contributed by atoms with Crippen molar-refractivity contribution in [1.29, 1.82) is 0 Å². The number of carboxylic acids is 2. The first kappa shape index (κ1) is 113. The topological polar surface area (TPSA) is 293 Å². The Balaban J connectivity index is 0.00000236. The summed E-state index contributed by atoms with van der Waals surface area (Å²) < 4.78 is 67.5. The molecule has 2 aromatic carbocycles. The summed E-state index contributed by atoms with van der Waals surface area (Å²) in [5.41, 5.74) is 0.00530. The summed E-state index contributed by atoms with van der Waals surface area (Å²) in [7, 11) is 0. The molecular formula is C98H154O22Pb. The van der Waals surface area contributed by atoms with Crippen LogP contribution in [0.5, 0.6) is 34.5 Å². The largest absolute Gasteiger partial charge is 2.00 e. The molecule has 0 atom stereocenters. The minimum Gasteiger partial charge on any atom is -0.545 e. The first-order valence-corrected chi connectivity index (χ1v) is 45.9. The smallest absolute Gasteiger partial charge is 0.545 e. The van der Waals surface area contributed by atoms with Crippen LogP contribution >= 0.6 is 0 Å². The van der Waals surface area contributed by atoms with E-state index < -0.39 is 11.9 Å². The van der Waals surface area contributed by atoms with Crippen molar-refractivity contribution < 1.29 is 105 Å². The number of rotatable bonds is 86. The molecule has 0 bridgehead atoms. The number of esters is 6. The minimum atomic E-state index is -1.29. The molecule has 0 aromatic heterocycles. The van der Waals surface area contributed by atoms with E-state index in [1.54, 1.807) is 0 Å². The van der Waals surface area contributed by atoms with E-state index in [1.807, 2.05) is 0 Å². The van der Waals surface area contributed by atoms with Gasteiger partial charge in [-0.1, -0.05) is 309 Å². The van der Waals surface area contributed by atoms with E-state index >= 15 is 0 Å². The van der Waals surface area contributed by atoms with E-state index in [4.69, 9.17) is 56.8 Å². The average Bonchev–Trinajstić information content (AvgIpc) is 0.824. The fraction of sp³-hybridized carbons (Fsp3) is 0.673. The Labute approximate surface area is 747 Å². The van der Waals surface area contributed by atoms with Crippen molar-refractivity contribution in [2.75, 3.05) is 79.3 Å². The van der Waals surface area contributed by atoms with Gasteiger partial charge in [-0.25, -0.2) is 28.8 Å². The molecule has 2 rings (SSSR count). The van der Waals surface area contributed by atoms with Gasteiger partial charge >= 0.3 is 63.1 Å². The number of hydrogen-bond acceptors (Lipinski definition) is 22. The molecule has 0 fully saturated rings. The molecule has 0 saturated heterocycles. The van der Waals surface area contributed by atoms with Gasteiger partial charge in [0, 0.05) is 47.6 Å². The average molecular weight is 1890 g/mol. The van der Waals surface area contributed by atoms with Crippen molar-refractivity contribution in [3.05, 3.63) is 111 Å². The van der Waals surface area contributed by atoms with E-state index in [0.717, 1.165) is 334 Å². The van der Waals surface area contributed by atoms with E-state index in [0.29, 0.717) is 114 Å². The molecule has 0 amide bonds. The van der Waals surface area contributed by atoms with E-state index in [2.05, 4.69) is 39.5 Å². The molecule has 121 heavy (non-hydrogen) atoms. The van der Waals surface area contributed by atoms with Crippen LogP contribution in [0, 0.1) is 0 Å². The fourth-order valence-corrected chi connectivity index (χ4v) is 13.2. The summed E-state index contributed by atoms with van der Waals surface area (Å²) in [5.74, 6) is -2.35. The number of hydrogen-bond donors (Lipinski definition) is 0. The predicted molar refractivity (Wildman–Crippen MR) is 477 cm³/mol. The van der Waals surface area contributed by atoms with Gasteiger partial charge in [0.05, 0.1) is 91.2 Å². The first-order valence-electron chi connectivity index (χ1n) is 45.9. The zero-order valence-corrected chi connectivity index (χ0v) is 78.1. The second-order valence-electron chi connectivity index (χ2n) is 30.6. The molecule has 0 N–H and O–H groups in total. The number of ether oxygens (including phenoxy) is 12. The summed E-state index contributed by atoms with van der Waals surface area (Å²) in [6.07, 6.45) is 64.0. The molecule has 0 aliphatic rings. The minimum absolute atomic E-state index is 0. The fourth-order valence-electron chi connectivity index (χ4n) is 13.2. The van der Waals surface area contributed by atoms with Crippen LogP contribution in [0.25, 0.3) is 0 Å². The van der Waals surface area contributed by atoms with Crippen LogP contribution < -0.4 is 38.6 Å². The number of unbranched alkanes of at least 4 members (excludes halogenated alkanes) is 48. The monoisotopic (exact) mass is 1890 g/mol. The molecular weight excluding hydrogens is 1740 g/mol. The molecule has 2 radical (unpaired) electrons. The zero-order valence-electron chi connectivity index (χ0n) is 74.2. The van der Waals surface area contributed by atoms with Crippen LogP contribution in [0.15, 0.2) is 100 Å². The molecule has 0 unspecified atom stereocenters. The number of benzene rings is 2.